The van der Waals surface area contributed by atoms with E-state index in [1.54, 1.807) is 0 Å². The third-order valence-electron chi connectivity index (χ3n) is 8.67. The third kappa shape index (κ3) is 16.7. The number of hydrogen-bond donors (Lipinski definition) is 13. The molecule has 0 saturated carbocycles. The van der Waals surface area contributed by atoms with E-state index < -0.39 is 120 Å². The molecule has 3 heterocycles. The number of nitrogens with two attached hydrogens (primary N) is 3. The zero-order chi connectivity index (χ0) is 47.7. The fourth-order valence-electron chi connectivity index (χ4n) is 5.29. The second-order valence-electron chi connectivity index (χ2n) is 14.2. The molecule has 34 heteroatoms. The average Bonchev–Trinajstić information content (AvgIpc) is 3.73. The lowest BCUT2D eigenvalue weighted by molar-refractivity contribution is -0.160. The van der Waals surface area contributed by atoms with Crippen LogP contribution in [0.3, 0.4) is 0 Å². The predicted octanol–water partition coefficient (Wildman–Crippen LogP) is -3.48. The summed E-state index contributed by atoms with van der Waals surface area (Å²) in [7, 11) is -16.5. The van der Waals surface area contributed by atoms with Crippen molar-refractivity contribution in [1.29, 1.82) is 0 Å². The Morgan fingerprint density at radius 1 is 1.02 bits per heavy atom. The zero-order valence-corrected chi connectivity index (χ0v) is 37.0. The Labute approximate surface area is 361 Å². The van der Waals surface area contributed by atoms with E-state index in [2.05, 4.69) is 34.4 Å². The van der Waals surface area contributed by atoms with Crippen molar-refractivity contribution < 1.29 is 100 Å². The van der Waals surface area contributed by atoms with E-state index in [-0.39, 0.29) is 48.7 Å². The van der Waals surface area contributed by atoms with E-state index in [4.69, 9.17) is 40.8 Å². The van der Waals surface area contributed by atoms with Crippen LogP contribution in [0, 0.1) is 5.41 Å². The maximum Gasteiger partial charge on any atom is 0.481 e. The summed E-state index contributed by atoms with van der Waals surface area (Å²) >= 11 is 0.740. The topological polar surface area (TPSA) is 482 Å². The lowest BCUT2D eigenvalue weighted by atomic mass is 9.87. The molecule has 1 aliphatic rings. The minimum Gasteiger partial charge on any atom is -0.480 e. The van der Waals surface area contributed by atoms with Crippen molar-refractivity contribution in [2.75, 3.05) is 37.8 Å². The number of hydrogen-bond acceptors (Lipinski definition) is 23. The molecule has 0 spiro atoms. The van der Waals surface area contributed by atoms with Crippen molar-refractivity contribution in [3.05, 3.63) is 12.7 Å². The number of carboxylic acid groups (broad SMARTS) is 1. The second kappa shape index (κ2) is 22.9. The van der Waals surface area contributed by atoms with Crippen LogP contribution in [0.5, 0.6) is 0 Å². The maximum absolute atomic E-state index is 12.7. The largest absolute Gasteiger partial charge is 0.481 e. The summed E-state index contributed by atoms with van der Waals surface area (Å²) in [5, 5.41) is 44.5. The van der Waals surface area contributed by atoms with Gasteiger partial charge in [0.2, 0.25) is 16.9 Å². The van der Waals surface area contributed by atoms with E-state index in [1.807, 2.05) is 0 Å². The van der Waals surface area contributed by atoms with Gasteiger partial charge in [0, 0.05) is 37.1 Å². The Morgan fingerprint density at radius 2 is 1.67 bits per heavy atom. The van der Waals surface area contributed by atoms with Crippen molar-refractivity contribution in [3.8, 4) is 0 Å². The molecular weight excluding hydrogens is 935 g/mol. The van der Waals surface area contributed by atoms with E-state index in [0.717, 1.165) is 29.0 Å². The predicted molar refractivity (Wildman–Crippen MR) is 212 cm³/mol. The second-order valence-corrected chi connectivity index (χ2v) is 19.6. The van der Waals surface area contributed by atoms with Crippen LogP contribution in [-0.2, 0) is 60.2 Å². The summed E-state index contributed by atoms with van der Waals surface area (Å²) in [6, 6.07) is -2.60. The SMILES string of the molecule is CC(OC(O)CC(N)C(=O)SCCNC(=O)CCNC(=O)C(O)C(C)(C)COP(=O)(O)OP(=O)(O)OCC1OC(n2cnc3c(N)ncnc32)C(O)C1OP(=O)(O)O)C(N)C(=O)O. The molecule has 2 amide bonds. The highest BCUT2D eigenvalue weighted by atomic mass is 32.2. The van der Waals surface area contributed by atoms with Gasteiger partial charge in [-0.15, -0.1) is 0 Å². The average molecular weight is 986 g/mol. The quantitative estimate of drug-likeness (QED) is 0.0247. The Morgan fingerprint density at radius 3 is 2.30 bits per heavy atom. The number of phosphoric acid groups is 3. The molecule has 0 radical (unpaired) electrons. The fraction of sp³-hybridized carbons (Fsp3) is 0.690. The highest BCUT2D eigenvalue weighted by molar-refractivity contribution is 8.13. The first kappa shape index (κ1) is 54.2. The van der Waals surface area contributed by atoms with Crippen molar-refractivity contribution >= 4 is 75.1 Å². The van der Waals surface area contributed by atoms with Gasteiger partial charge in [0.05, 0.1) is 31.7 Å². The number of thioether (sulfide) groups is 1. The number of rotatable bonds is 26. The number of ether oxygens (including phenoxy) is 2. The van der Waals surface area contributed by atoms with Crippen LogP contribution in [0.2, 0.25) is 0 Å². The number of aliphatic carboxylic acids is 1. The Kier molecular flexibility index (Phi) is 19.7. The number of carboxylic acids is 1. The van der Waals surface area contributed by atoms with Crippen LogP contribution < -0.4 is 27.8 Å². The number of aromatic nitrogens is 4. The van der Waals surface area contributed by atoms with Crippen LogP contribution in [-0.4, -0.2) is 163 Å². The zero-order valence-electron chi connectivity index (χ0n) is 33.5. The number of imidazole rings is 1. The molecular formula is C29H50N9O21P3S. The van der Waals surface area contributed by atoms with Gasteiger partial charge in [0.25, 0.3) is 0 Å². The van der Waals surface area contributed by atoms with Crippen LogP contribution >= 0.6 is 35.2 Å². The first-order valence-corrected chi connectivity index (χ1v) is 23.7. The number of anilines is 1. The summed E-state index contributed by atoms with van der Waals surface area (Å²) in [6.07, 6.45) is -10.2. The molecule has 2 aromatic heterocycles. The summed E-state index contributed by atoms with van der Waals surface area (Å²) < 4.78 is 67.2. The lowest BCUT2D eigenvalue weighted by Gasteiger charge is -2.30. The van der Waals surface area contributed by atoms with Crippen molar-refractivity contribution in [3.63, 3.8) is 0 Å². The van der Waals surface area contributed by atoms with Gasteiger partial charge in [-0.1, -0.05) is 25.6 Å². The molecule has 1 aliphatic heterocycles. The van der Waals surface area contributed by atoms with Gasteiger partial charge in [0.1, 0.15) is 42.3 Å². The summed E-state index contributed by atoms with van der Waals surface area (Å²) in [5.74, 6) is -2.97. The molecule has 1 saturated heterocycles. The van der Waals surface area contributed by atoms with Gasteiger partial charge in [-0.25, -0.2) is 28.6 Å². The standard InChI is InChI=1S/C29H50N9O21P3S/c1-13(18(31)27(44)45)56-17(40)8-14(30)28(46)63-7-6-33-16(39)4-5-34-25(43)22(42)29(2,3)10-55-62(52,53)59-61(50,51)54-9-15-21(58-60(47,48)49)20(41)26(57-15)38-12-37-19-23(32)35-11-36-24(19)38/h11-15,17-18,20-22,26,40-42H,4-10,30-31H2,1-3H3,(H,33,39)(H,34,43)(H,44,45)(H,50,51)(H,52,53)(H2,32,35,36)(H2,47,48,49). The van der Waals surface area contributed by atoms with Crippen LogP contribution in [0.15, 0.2) is 12.7 Å². The normalized spacial score (nSPS) is 22.6. The molecule has 63 heavy (non-hydrogen) atoms. The monoisotopic (exact) mass is 985 g/mol. The minimum absolute atomic E-state index is 0.00996. The van der Waals surface area contributed by atoms with Crippen LogP contribution in [0.4, 0.5) is 5.82 Å². The summed E-state index contributed by atoms with van der Waals surface area (Å²) in [5.41, 5.74) is 15.3. The molecule has 11 unspecified atom stereocenters. The Balaban J connectivity index is 1.42. The summed E-state index contributed by atoms with van der Waals surface area (Å²) in [4.78, 5) is 99.0. The Bertz CT molecular complexity index is 2060. The number of aliphatic hydroxyl groups excluding tert-OH is 3. The molecule has 16 N–H and O–H groups in total. The van der Waals surface area contributed by atoms with Gasteiger partial charge >= 0.3 is 29.4 Å². The van der Waals surface area contributed by atoms with Crippen LogP contribution in [0.25, 0.3) is 11.2 Å². The molecule has 0 aromatic carbocycles. The number of fused-ring (bicyclic) bond motifs is 1. The van der Waals surface area contributed by atoms with Gasteiger partial charge in [0.15, 0.2) is 24.0 Å². The van der Waals surface area contributed by atoms with Gasteiger partial charge in [-0.05, 0) is 6.92 Å². The number of nitrogens with zero attached hydrogens (tertiary/aromatic N) is 4. The molecule has 0 bridgehead atoms. The number of aliphatic hydroxyl groups is 3. The van der Waals surface area contributed by atoms with E-state index in [9.17, 15) is 67.8 Å². The maximum atomic E-state index is 12.7. The minimum atomic E-state index is -5.61. The molecule has 2 aromatic rings. The molecule has 358 valence electrons. The lowest BCUT2D eigenvalue weighted by Crippen LogP contribution is -2.46. The number of nitrogen functional groups attached to an aromatic ring is 1. The van der Waals surface area contributed by atoms with Crippen LogP contribution in [0.1, 0.15) is 39.8 Å². The van der Waals surface area contributed by atoms with Crippen molar-refractivity contribution in [2.24, 2.45) is 16.9 Å². The smallest absolute Gasteiger partial charge is 0.480 e. The number of carbonyl (C=O) groups is 4. The van der Waals surface area contributed by atoms with E-state index >= 15 is 0 Å². The van der Waals surface area contributed by atoms with Gasteiger partial charge in [-0.3, -0.25) is 37.3 Å². The first-order valence-electron chi connectivity index (χ1n) is 18.2. The molecule has 0 aliphatic carbocycles. The number of nitrogens with one attached hydrogen (secondary N) is 2. The fourth-order valence-corrected chi connectivity index (χ4v) is 8.84. The highest BCUT2D eigenvalue weighted by Gasteiger charge is 2.50. The molecule has 11 atom stereocenters. The molecule has 1 fully saturated rings. The van der Waals surface area contributed by atoms with E-state index in [1.165, 1.54) is 20.8 Å². The molecule has 30 nitrogen and oxygen atoms in total. The first-order chi connectivity index (χ1) is 29.0. The Hall–Kier alpha value is -3.13. The highest BCUT2D eigenvalue weighted by Crippen LogP contribution is 2.61. The number of amides is 2. The van der Waals surface area contributed by atoms with Gasteiger partial charge in [-0.2, -0.15) is 4.31 Å². The van der Waals surface area contributed by atoms with Crippen molar-refractivity contribution in [2.45, 2.75) is 88.7 Å². The summed E-state index contributed by atoms with van der Waals surface area (Å²) in [6.45, 7) is 1.32. The molecule has 3 rings (SSSR count). The van der Waals surface area contributed by atoms with Gasteiger partial charge < -0.3 is 77.3 Å². The van der Waals surface area contributed by atoms with E-state index in [0.29, 0.717) is 0 Å². The third-order valence-corrected chi connectivity index (χ3v) is 12.8. The number of phosphoric ester groups is 3. The van der Waals surface area contributed by atoms with Crippen molar-refractivity contribution in [1.82, 2.24) is 30.2 Å². The number of carbonyl (C=O) groups excluding carboxylic acids is 3.